The molecule has 3 aromatic rings. The number of fused-ring (bicyclic) bond motifs is 1. The number of imidazole rings is 1. The minimum Gasteiger partial charge on any atom is -0.369 e. The molecule has 0 aliphatic rings. The molecule has 0 aliphatic heterocycles. The van der Waals surface area contributed by atoms with Crippen molar-refractivity contribution in [1.29, 1.82) is 0 Å². The predicted molar refractivity (Wildman–Crippen MR) is 68.0 cm³/mol. The maximum Gasteiger partial charge on any atom is 0.207 e. The van der Waals surface area contributed by atoms with Crippen molar-refractivity contribution < 1.29 is 0 Å². The molecule has 0 spiro atoms. The Labute approximate surface area is 98.7 Å². The van der Waals surface area contributed by atoms with Crippen LogP contribution in [0.5, 0.6) is 0 Å². The summed E-state index contributed by atoms with van der Waals surface area (Å²) in [5.74, 6) is 0.462. The van der Waals surface area contributed by atoms with Crippen LogP contribution >= 0.6 is 0 Å². The molecule has 0 bridgehead atoms. The topological polar surface area (TPSA) is 56.7 Å². The zero-order chi connectivity index (χ0) is 11.8. The Hall–Kier alpha value is -2.36. The van der Waals surface area contributed by atoms with Crippen molar-refractivity contribution in [3.05, 3.63) is 48.2 Å². The molecular formula is C13H12N4. The summed E-state index contributed by atoms with van der Waals surface area (Å²) in [5, 5.41) is 0. The van der Waals surface area contributed by atoms with Crippen LogP contribution in [0.2, 0.25) is 0 Å². The average molecular weight is 224 g/mol. The fourth-order valence-corrected chi connectivity index (χ4v) is 1.90. The summed E-state index contributed by atoms with van der Waals surface area (Å²) in [7, 11) is 0. The normalized spacial score (nSPS) is 10.9. The number of nitrogens with zero attached hydrogens (tertiary/aromatic N) is 3. The maximum atomic E-state index is 5.95. The Morgan fingerprint density at radius 1 is 1.00 bits per heavy atom. The number of anilines is 1. The van der Waals surface area contributed by atoms with Gasteiger partial charge in [-0.25, -0.2) is 9.97 Å². The first-order valence-corrected chi connectivity index (χ1v) is 5.43. The second-order valence-corrected chi connectivity index (χ2v) is 3.94. The zero-order valence-electron chi connectivity index (χ0n) is 9.46. The van der Waals surface area contributed by atoms with Crippen molar-refractivity contribution in [2.75, 3.05) is 5.73 Å². The zero-order valence-corrected chi connectivity index (χ0v) is 9.46. The van der Waals surface area contributed by atoms with E-state index >= 15 is 0 Å². The summed E-state index contributed by atoms with van der Waals surface area (Å²) in [5.41, 5.74) is 9.49. The molecule has 0 atom stereocenters. The largest absolute Gasteiger partial charge is 0.369 e. The van der Waals surface area contributed by atoms with E-state index in [1.54, 1.807) is 0 Å². The van der Waals surface area contributed by atoms with Crippen molar-refractivity contribution >= 4 is 17.1 Å². The highest BCUT2D eigenvalue weighted by molar-refractivity contribution is 5.77. The van der Waals surface area contributed by atoms with Crippen molar-refractivity contribution in [3.63, 3.8) is 0 Å². The Morgan fingerprint density at radius 3 is 2.53 bits per heavy atom. The van der Waals surface area contributed by atoms with E-state index in [-0.39, 0.29) is 0 Å². The van der Waals surface area contributed by atoms with Crippen LogP contribution in [0.25, 0.3) is 16.9 Å². The van der Waals surface area contributed by atoms with Crippen LogP contribution in [0.4, 0.5) is 5.95 Å². The molecule has 17 heavy (non-hydrogen) atoms. The maximum absolute atomic E-state index is 5.95. The van der Waals surface area contributed by atoms with Gasteiger partial charge in [-0.05, 0) is 31.2 Å². The summed E-state index contributed by atoms with van der Waals surface area (Å²) < 4.78 is 1.86. The minimum atomic E-state index is 0.462. The van der Waals surface area contributed by atoms with Gasteiger partial charge < -0.3 is 5.73 Å². The van der Waals surface area contributed by atoms with Crippen molar-refractivity contribution in [2.45, 2.75) is 6.92 Å². The van der Waals surface area contributed by atoms with Gasteiger partial charge in [-0.2, -0.15) is 0 Å². The van der Waals surface area contributed by atoms with Gasteiger partial charge >= 0.3 is 0 Å². The van der Waals surface area contributed by atoms with Gasteiger partial charge in [0.15, 0.2) is 5.65 Å². The molecule has 1 aromatic carbocycles. The average Bonchev–Trinajstić information content (AvgIpc) is 2.65. The van der Waals surface area contributed by atoms with E-state index < -0.39 is 0 Å². The van der Waals surface area contributed by atoms with Crippen LogP contribution in [-0.4, -0.2) is 14.5 Å². The van der Waals surface area contributed by atoms with E-state index in [9.17, 15) is 0 Å². The number of nitrogens with two attached hydrogens (primary N) is 1. The Morgan fingerprint density at radius 2 is 1.76 bits per heavy atom. The summed E-state index contributed by atoms with van der Waals surface area (Å²) >= 11 is 0. The standard InChI is InChI=1S/C13H12N4/c1-9-7-8-11-12(15-9)17(13(14)16-11)10-5-3-2-4-6-10/h2-8H,1H3,(H2,14,16). The third kappa shape index (κ3) is 1.54. The predicted octanol–water partition coefficient (Wildman–Crippen LogP) is 2.31. The quantitative estimate of drug-likeness (QED) is 0.690. The van der Waals surface area contributed by atoms with E-state index in [2.05, 4.69) is 9.97 Å². The Balaban J connectivity index is 2.35. The molecule has 2 aromatic heterocycles. The van der Waals surface area contributed by atoms with Gasteiger partial charge in [0, 0.05) is 5.69 Å². The summed E-state index contributed by atoms with van der Waals surface area (Å²) in [6.07, 6.45) is 0. The van der Waals surface area contributed by atoms with E-state index in [0.29, 0.717) is 5.95 Å². The lowest BCUT2D eigenvalue weighted by Crippen LogP contribution is -2.01. The van der Waals surface area contributed by atoms with Gasteiger partial charge in [-0.3, -0.25) is 4.57 Å². The third-order valence-corrected chi connectivity index (χ3v) is 2.68. The van der Waals surface area contributed by atoms with Crippen molar-refractivity contribution in [3.8, 4) is 5.69 Å². The number of rotatable bonds is 1. The number of aryl methyl sites for hydroxylation is 1. The van der Waals surface area contributed by atoms with Crippen LogP contribution < -0.4 is 5.73 Å². The fraction of sp³-hybridized carbons (Fsp3) is 0.0769. The lowest BCUT2D eigenvalue weighted by atomic mass is 10.3. The number of benzene rings is 1. The highest BCUT2D eigenvalue weighted by Gasteiger charge is 2.10. The monoisotopic (exact) mass is 224 g/mol. The van der Waals surface area contributed by atoms with Gasteiger partial charge in [0.25, 0.3) is 0 Å². The lowest BCUT2D eigenvalue weighted by Gasteiger charge is -2.05. The highest BCUT2D eigenvalue weighted by Crippen LogP contribution is 2.21. The first-order valence-electron chi connectivity index (χ1n) is 5.43. The fourth-order valence-electron chi connectivity index (χ4n) is 1.90. The van der Waals surface area contributed by atoms with Crippen LogP contribution in [0.15, 0.2) is 42.5 Å². The van der Waals surface area contributed by atoms with Gasteiger partial charge in [-0.1, -0.05) is 18.2 Å². The van der Waals surface area contributed by atoms with Crippen LogP contribution in [0.3, 0.4) is 0 Å². The second kappa shape index (κ2) is 3.59. The SMILES string of the molecule is Cc1ccc2nc(N)n(-c3ccccc3)c2n1. The number of hydrogen-bond acceptors (Lipinski definition) is 3. The molecule has 4 nitrogen and oxygen atoms in total. The molecule has 0 saturated carbocycles. The smallest absolute Gasteiger partial charge is 0.207 e. The van der Waals surface area contributed by atoms with Gasteiger partial charge in [0.05, 0.1) is 5.69 Å². The number of aromatic nitrogens is 3. The molecule has 4 heteroatoms. The summed E-state index contributed by atoms with van der Waals surface area (Å²) in [4.78, 5) is 8.80. The number of pyridine rings is 1. The van der Waals surface area contributed by atoms with Crippen molar-refractivity contribution in [1.82, 2.24) is 14.5 Å². The molecule has 0 saturated heterocycles. The Bertz CT molecular complexity index is 670. The Kier molecular flexibility index (Phi) is 2.08. The van der Waals surface area contributed by atoms with Crippen LogP contribution in [0, 0.1) is 6.92 Å². The first-order chi connectivity index (χ1) is 8.25. The first kappa shape index (κ1) is 9.84. The van der Waals surface area contributed by atoms with E-state index in [0.717, 1.165) is 22.5 Å². The summed E-state index contributed by atoms with van der Waals surface area (Å²) in [6, 6.07) is 13.8. The molecule has 3 rings (SSSR count). The third-order valence-electron chi connectivity index (χ3n) is 2.68. The lowest BCUT2D eigenvalue weighted by molar-refractivity contribution is 1.07. The summed E-state index contributed by atoms with van der Waals surface area (Å²) in [6.45, 7) is 1.96. The molecule has 0 radical (unpaired) electrons. The molecular weight excluding hydrogens is 212 g/mol. The molecule has 2 N–H and O–H groups in total. The van der Waals surface area contributed by atoms with Crippen LogP contribution in [0.1, 0.15) is 5.69 Å². The van der Waals surface area contributed by atoms with E-state index in [4.69, 9.17) is 5.73 Å². The number of nitrogen functional groups attached to an aromatic ring is 1. The van der Waals surface area contributed by atoms with E-state index in [1.165, 1.54) is 0 Å². The van der Waals surface area contributed by atoms with Gasteiger partial charge in [0.1, 0.15) is 5.52 Å². The van der Waals surface area contributed by atoms with Gasteiger partial charge in [-0.15, -0.1) is 0 Å². The van der Waals surface area contributed by atoms with E-state index in [1.807, 2.05) is 54.0 Å². The van der Waals surface area contributed by atoms with Gasteiger partial charge in [0.2, 0.25) is 5.95 Å². The molecule has 84 valence electrons. The molecule has 0 amide bonds. The molecule has 2 heterocycles. The number of para-hydroxylation sites is 1. The number of hydrogen-bond donors (Lipinski definition) is 1. The van der Waals surface area contributed by atoms with Crippen LogP contribution in [-0.2, 0) is 0 Å². The second-order valence-electron chi connectivity index (χ2n) is 3.94. The highest BCUT2D eigenvalue weighted by atomic mass is 15.2. The van der Waals surface area contributed by atoms with Crippen molar-refractivity contribution in [2.24, 2.45) is 0 Å². The molecule has 0 unspecified atom stereocenters. The minimum absolute atomic E-state index is 0.462. The molecule has 0 aliphatic carbocycles. The molecule has 0 fully saturated rings.